The number of hydrogen-bond donors (Lipinski definition) is 2. The van der Waals surface area contributed by atoms with Crippen LogP contribution < -0.4 is 4.90 Å². The molecule has 0 aromatic heterocycles. The SMILES string of the molecule is O=C(O)CSC1CC(=O)N(c2ccc(CC(=O)O)cc2)C1=O. The fraction of sp³-hybridized carbons (Fsp3) is 0.286. The first-order valence-corrected chi connectivity index (χ1v) is 7.44. The molecule has 1 aliphatic heterocycles. The Kier molecular flexibility index (Phi) is 4.81. The predicted molar refractivity (Wildman–Crippen MR) is 78.8 cm³/mol. The number of rotatable bonds is 6. The molecule has 1 aliphatic rings. The molecule has 1 fully saturated rings. The number of nitrogens with zero attached hydrogens (tertiary/aromatic N) is 1. The van der Waals surface area contributed by atoms with Gasteiger partial charge in [0.15, 0.2) is 0 Å². The van der Waals surface area contributed by atoms with Crippen LogP contribution in [-0.2, 0) is 25.6 Å². The molecule has 0 spiro atoms. The van der Waals surface area contributed by atoms with Gasteiger partial charge in [0.2, 0.25) is 11.8 Å². The molecule has 8 heteroatoms. The lowest BCUT2D eigenvalue weighted by Crippen LogP contribution is -2.31. The first-order valence-electron chi connectivity index (χ1n) is 6.39. The number of carbonyl (C=O) groups is 4. The number of hydrogen-bond acceptors (Lipinski definition) is 5. The molecule has 2 amide bonds. The monoisotopic (exact) mass is 323 g/mol. The van der Waals surface area contributed by atoms with Gasteiger partial charge in [0.1, 0.15) is 0 Å². The van der Waals surface area contributed by atoms with Gasteiger partial charge in [-0.05, 0) is 17.7 Å². The standard InChI is InChI=1S/C14H13NO6S/c16-11-6-10(22-7-13(19)20)14(21)15(11)9-3-1-8(2-4-9)5-12(17)18/h1-4,10H,5-7H2,(H,17,18)(H,19,20). The second-order valence-electron chi connectivity index (χ2n) is 4.70. The Labute approximate surface area is 129 Å². The zero-order valence-corrected chi connectivity index (χ0v) is 12.2. The summed E-state index contributed by atoms with van der Waals surface area (Å²) in [5, 5.41) is 16.6. The van der Waals surface area contributed by atoms with Crippen molar-refractivity contribution in [1.29, 1.82) is 0 Å². The molecule has 1 atom stereocenters. The van der Waals surface area contributed by atoms with Gasteiger partial charge >= 0.3 is 11.9 Å². The second kappa shape index (κ2) is 6.61. The number of aliphatic carboxylic acids is 2. The van der Waals surface area contributed by atoms with Crippen LogP contribution in [0.3, 0.4) is 0 Å². The fourth-order valence-electron chi connectivity index (χ4n) is 2.11. The third-order valence-corrected chi connectivity index (χ3v) is 4.25. The maximum Gasteiger partial charge on any atom is 0.313 e. The first-order chi connectivity index (χ1) is 10.4. The number of carboxylic acids is 2. The Balaban J connectivity index is 2.11. The molecule has 1 heterocycles. The minimum Gasteiger partial charge on any atom is -0.481 e. The zero-order valence-electron chi connectivity index (χ0n) is 11.4. The molecule has 1 saturated heterocycles. The summed E-state index contributed by atoms with van der Waals surface area (Å²) in [4.78, 5) is 46.3. The smallest absolute Gasteiger partial charge is 0.313 e. The Morgan fingerprint density at radius 2 is 1.77 bits per heavy atom. The van der Waals surface area contributed by atoms with Gasteiger partial charge in [0, 0.05) is 6.42 Å². The van der Waals surface area contributed by atoms with Crippen molar-refractivity contribution in [2.24, 2.45) is 0 Å². The Hall–Kier alpha value is -2.35. The molecule has 2 N–H and O–H groups in total. The number of thioether (sulfide) groups is 1. The van der Waals surface area contributed by atoms with E-state index < -0.39 is 23.1 Å². The van der Waals surface area contributed by atoms with E-state index in [0.717, 1.165) is 16.7 Å². The molecule has 1 aromatic carbocycles. The van der Waals surface area contributed by atoms with Crippen molar-refractivity contribution >= 4 is 41.2 Å². The molecule has 116 valence electrons. The Morgan fingerprint density at radius 1 is 1.14 bits per heavy atom. The van der Waals surface area contributed by atoms with Crippen LogP contribution in [-0.4, -0.2) is 45.0 Å². The van der Waals surface area contributed by atoms with Crippen LogP contribution in [0.5, 0.6) is 0 Å². The van der Waals surface area contributed by atoms with Crippen LogP contribution >= 0.6 is 11.8 Å². The van der Waals surface area contributed by atoms with E-state index in [0.29, 0.717) is 11.3 Å². The van der Waals surface area contributed by atoms with Crippen molar-refractivity contribution in [1.82, 2.24) is 0 Å². The van der Waals surface area contributed by atoms with Gasteiger partial charge in [-0.1, -0.05) is 12.1 Å². The van der Waals surface area contributed by atoms with E-state index >= 15 is 0 Å². The maximum atomic E-state index is 12.2. The molecule has 1 aromatic rings. The van der Waals surface area contributed by atoms with Crippen LogP contribution in [0.25, 0.3) is 0 Å². The summed E-state index contributed by atoms with van der Waals surface area (Å²) in [6, 6.07) is 6.11. The Bertz CT molecular complexity index is 627. The zero-order chi connectivity index (χ0) is 16.3. The van der Waals surface area contributed by atoms with Gasteiger partial charge in [0.25, 0.3) is 0 Å². The highest BCUT2D eigenvalue weighted by molar-refractivity contribution is 8.01. The minimum absolute atomic E-state index is 0.0341. The molecular formula is C14H13NO6S. The van der Waals surface area contributed by atoms with E-state index in [1.807, 2.05) is 0 Å². The molecule has 0 aliphatic carbocycles. The molecule has 0 radical (unpaired) electrons. The van der Waals surface area contributed by atoms with Gasteiger partial charge in [-0.2, -0.15) is 0 Å². The van der Waals surface area contributed by atoms with Crippen LogP contribution in [0.4, 0.5) is 5.69 Å². The van der Waals surface area contributed by atoms with Gasteiger partial charge in [0.05, 0.1) is 23.1 Å². The van der Waals surface area contributed by atoms with Gasteiger partial charge in [-0.25, -0.2) is 4.90 Å². The summed E-state index contributed by atoms with van der Waals surface area (Å²) >= 11 is 0.925. The fourth-order valence-corrected chi connectivity index (χ4v) is 2.97. The number of carbonyl (C=O) groups excluding carboxylic acids is 2. The number of benzene rings is 1. The van der Waals surface area contributed by atoms with Crippen LogP contribution in [0.1, 0.15) is 12.0 Å². The van der Waals surface area contributed by atoms with Crippen molar-refractivity contribution < 1.29 is 29.4 Å². The largest absolute Gasteiger partial charge is 0.481 e. The van der Waals surface area contributed by atoms with Crippen molar-refractivity contribution in [2.75, 3.05) is 10.7 Å². The van der Waals surface area contributed by atoms with Crippen molar-refractivity contribution in [2.45, 2.75) is 18.1 Å². The number of imide groups is 1. The molecule has 0 bridgehead atoms. The summed E-state index contributed by atoms with van der Waals surface area (Å²) in [5.74, 6) is -3.08. The van der Waals surface area contributed by atoms with Crippen LogP contribution in [0.2, 0.25) is 0 Å². The average molecular weight is 323 g/mol. The highest BCUT2D eigenvalue weighted by Crippen LogP contribution is 2.29. The van der Waals surface area contributed by atoms with Crippen LogP contribution in [0, 0.1) is 0 Å². The highest BCUT2D eigenvalue weighted by atomic mass is 32.2. The van der Waals surface area contributed by atoms with Gasteiger partial charge < -0.3 is 10.2 Å². The lowest BCUT2D eigenvalue weighted by molar-refractivity contribution is -0.136. The number of carboxylic acid groups (broad SMARTS) is 2. The third kappa shape index (κ3) is 3.64. The Morgan fingerprint density at radius 3 is 2.32 bits per heavy atom. The maximum absolute atomic E-state index is 12.2. The average Bonchev–Trinajstić information content (AvgIpc) is 2.72. The summed E-state index contributed by atoms with van der Waals surface area (Å²) in [6.45, 7) is 0. The van der Waals surface area contributed by atoms with Gasteiger partial charge in [-0.15, -0.1) is 11.8 Å². The lowest BCUT2D eigenvalue weighted by Gasteiger charge is -2.15. The third-order valence-electron chi connectivity index (χ3n) is 3.06. The van der Waals surface area contributed by atoms with Crippen molar-refractivity contribution in [3.05, 3.63) is 29.8 Å². The molecule has 22 heavy (non-hydrogen) atoms. The van der Waals surface area contributed by atoms with E-state index in [1.54, 1.807) is 12.1 Å². The van der Waals surface area contributed by atoms with Crippen molar-refractivity contribution in [3.63, 3.8) is 0 Å². The summed E-state index contributed by atoms with van der Waals surface area (Å²) in [6.07, 6.45) is -0.174. The summed E-state index contributed by atoms with van der Waals surface area (Å²) in [7, 11) is 0. The van der Waals surface area contributed by atoms with E-state index in [4.69, 9.17) is 10.2 Å². The molecule has 0 saturated carbocycles. The lowest BCUT2D eigenvalue weighted by atomic mass is 10.1. The van der Waals surface area contributed by atoms with Crippen LogP contribution in [0.15, 0.2) is 24.3 Å². The molecule has 2 rings (SSSR count). The van der Waals surface area contributed by atoms with E-state index in [1.165, 1.54) is 12.1 Å². The van der Waals surface area contributed by atoms with Crippen molar-refractivity contribution in [3.8, 4) is 0 Å². The number of anilines is 1. The quantitative estimate of drug-likeness (QED) is 0.743. The van der Waals surface area contributed by atoms with E-state index in [9.17, 15) is 19.2 Å². The summed E-state index contributed by atoms with van der Waals surface area (Å²) in [5.41, 5.74) is 0.926. The second-order valence-corrected chi connectivity index (χ2v) is 5.89. The first kappa shape index (κ1) is 16.0. The highest BCUT2D eigenvalue weighted by Gasteiger charge is 2.39. The minimum atomic E-state index is -1.04. The van der Waals surface area contributed by atoms with E-state index in [2.05, 4.69) is 0 Å². The number of amides is 2. The van der Waals surface area contributed by atoms with E-state index in [-0.39, 0.29) is 24.5 Å². The van der Waals surface area contributed by atoms with Gasteiger partial charge in [-0.3, -0.25) is 19.2 Å². The molecule has 1 unspecified atom stereocenters. The molecule has 7 nitrogen and oxygen atoms in total. The topological polar surface area (TPSA) is 112 Å². The summed E-state index contributed by atoms with van der Waals surface area (Å²) < 4.78 is 0. The predicted octanol–water partition coefficient (Wildman–Crippen LogP) is 0.763. The molecular weight excluding hydrogens is 310 g/mol. The normalized spacial score (nSPS) is 17.8.